The fourth-order valence-electron chi connectivity index (χ4n) is 2.11. The van der Waals surface area contributed by atoms with Gasteiger partial charge in [0, 0.05) is 13.0 Å². The van der Waals surface area contributed by atoms with Gasteiger partial charge in [0.15, 0.2) is 0 Å². The molecule has 0 aromatic heterocycles. The van der Waals surface area contributed by atoms with E-state index in [0.29, 0.717) is 13.0 Å². The van der Waals surface area contributed by atoms with Crippen molar-refractivity contribution in [3.63, 3.8) is 0 Å². The Morgan fingerprint density at radius 1 is 1.56 bits per heavy atom. The first kappa shape index (κ1) is 14.5. The van der Waals surface area contributed by atoms with Gasteiger partial charge in [-0.2, -0.15) is 0 Å². The fourth-order valence-corrected chi connectivity index (χ4v) is 2.11. The van der Waals surface area contributed by atoms with Gasteiger partial charge in [0.25, 0.3) is 0 Å². The van der Waals surface area contributed by atoms with Crippen molar-refractivity contribution < 1.29 is 19.1 Å². The van der Waals surface area contributed by atoms with E-state index in [9.17, 15) is 14.4 Å². The normalized spacial score (nSPS) is 21.9. The molecule has 0 aliphatic carbocycles. The lowest BCUT2D eigenvalue weighted by atomic mass is 9.94. The summed E-state index contributed by atoms with van der Waals surface area (Å²) in [5.74, 6) is -1.28. The molecular formula is C12H20N2O4. The highest BCUT2D eigenvalue weighted by molar-refractivity contribution is 5.92. The second-order valence-corrected chi connectivity index (χ2v) is 4.77. The Balaban J connectivity index is 2.68. The number of rotatable bonds is 5. The van der Waals surface area contributed by atoms with Crippen molar-refractivity contribution >= 4 is 17.8 Å². The molecule has 1 aliphatic heterocycles. The van der Waals surface area contributed by atoms with E-state index in [1.165, 1.54) is 7.11 Å². The van der Waals surface area contributed by atoms with Crippen molar-refractivity contribution in [3.05, 3.63) is 0 Å². The quantitative estimate of drug-likeness (QED) is 0.677. The molecule has 0 radical (unpaired) electrons. The van der Waals surface area contributed by atoms with Crippen molar-refractivity contribution in [1.82, 2.24) is 10.6 Å². The molecule has 2 atom stereocenters. The number of carbonyl (C=O) groups is 3. The maximum atomic E-state index is 12.0. The summed E-state index contributed by atoms with van der Waals surface area (Å²) in [7, 11) is 1.29. The van der Waals surface area contributed by atoms with Crippen LogP contribution in [0.4, 0.5) is 0 Å². The van der Waals surface area contributed by atoms with E-state index in [1.807, 2.05) is 6.92 Å². The minimum absolute atomic E-state index is 0.134. The van der Waals surface area contributed by atoms with Crippen LogP contribution in [0.15, 0.2) is 0 Å². The number of ether oxygens (including phenoxy) is 1. The van der Waals surface area contributed by atoms with E-state index in [4.69, 9.17) is 4.74 Å². The molecule has 2 N–H and O–H groups in total. The SMILES string of the molecule is CCCC(C)(NC(=O)C1CNC(=O)C1)C(=O)OC. The van der Waals surface area contributed by atoms with Crippen molar-refractivity contribution in [2.75, 3.05) is 13.7 Å². The summed E-state index contributed by atoms with van der Waals surface area (Å²) < 4.78 is 4.72. The van der Waals surface area contributed by atoms with Gasteiger partial charge >= 0.3 is 5.97 Å². The Morgan fingerprint density at radius 3 is 2.67 bits per heavy atom. The summed E-state index contributed by atoms with van der Waals surface area (Å²) in [5.41, 5.74) is -1.02. The molecule has 6 nitrogen and oxygen atoms in total. The van der Waals surface area contributed by atoms with Crippen LogP contribution in [0, 0.1) is 5.92 Å². The molecule has 1 fully saturated rings. The average molecular weight is 256 g/mol. The maximum absolute atomic E-state index is 12.0. The highest BCUT2D eigenvalue weighted by Crippen LogP contribution is 2.17. The molecule has 1 rings (SSSR count). The van der Waals surface area contributed by atoms with Crippen molar-refractivity contribution in [3.8, 4) is 0 Å². The van der Waals surface area contributed by atoms with Crippen LogP contribution in [0.2, 0.25) is 0 Å². The molecule has 0 spiro atoms. The summed E-state index contributed by atoms with van der Waals surface area (Å²) in [5, 5.41) is 5.30. The van der Waals surface area contributed by atoms with Gasteiger partial charge in [-0.3, -0.25) is 9.59 Å². The zero-order valence-corrected chi connectivity index (χ0v) is 11.0. The van der Waals surface area contributed by atoms with Crippen LogP contribution >= 0.6 is 0 Å². The highest BCUT2D eigenvalue weighted by atomic mass is 16.5. The topological polar surface area (TPSA) is 84.5 Å². The summed E-state index contributed by atoms with van der Waals surface area (Å²) in [6.45, 7) is 3.90. The molecule has 1 aliphatic rings. The minimum Gasteiger partial charge on any atom is -0.467 e. The molecule has 0 bridgehead atoms. The van der Waals surface area contributed by atoms with Crippen LogP contribution in [0.25, 0.3) is 0 Å². The number of methoxy groups -OCH3 is 1. The number of esters is 1. The lowest BCUT2D eigenvalue weighted by molar-refractivity contribution is -0.151. The molecule has 6 heteroatoms. The van der Waals surface area contributed by atoms with Crippen molar-refractivity contribution in [2.45, 2.75) is 38.6 Å². The Hall–Kier alpha value is -1.59. The first-order chi connectivity index (χ1) is 8.42. The summed E-state index contributed by atoms with van der Waals surface area (Å²) in [6, 6.07) is 0. The molecule has 0 aromatic rings. The number of amides is 2. The Kier molecular flexibility index (Phi) is 4.69. The minimum atomic E-state index is -1.02. The van der Waals surface area contributed by atoms with E-state index >= 15 is 0 Å². The van der Waals surface area contributed by atoms with Gasteiger partial charge in [0.1, 0.15) is 5.54 Å². The summed E-state index contributed by atoms with van der Waals surface area (Å²) in [6.07, 6.45) is 1.42. The second-order valence-electron chi connectivity index (χ2n) is 4.77. The molecule has 2 amide bonds. The predicted octanol–water partition coefficient (Wildman–Crippen LogP) is -0.0295. The monoisotopic (exact) mass is 256 g/mol. The third-order valence-electron chi connectivity index (χ3n) is 3.13. The molecule has 18 heavy (non-hydrogen) atoms. The molecule has 1 saturated heterocycles. The number of carbonyl (C=O) groups excluding carboxylic acids is 3. The van der Waals surface area contributed by atoms with Gasteiger partial charge in [0.2, 0.25) is 11.8 Å². The summed E-state index contributed by atoms with van der Waals surface area (Å²) >= 11 is 0. The Morgan fingerprint density at radius 2 is 2.22 bits per heavy atom. The van der Waals surface area contributed by atoms with Gasteiger partial charge in [-0.15, -0.1) is 0 Å². The lowest BCUT2D eigenvalue weighted by Crippen LogP contribution is -2.54. The average Bonchev–Trinajstić information content (AvgIpc) is 2.75. The zero-order valence-electron chi connectivity index (χ0n) is 11.0. The molecular weight excluding hydrogens is 236 g/mol. The molecule has 1 heterocycles. The van der Waals surface area contributed by atoms with Gasteiger partial charge < -0.3 is 15.4 Å². The number of hydrogen-bond donors (Lipinski definition) is 2. The van der Waals surface area contributed by atoms with E-state index in [1.54, 1.807) is 6.92 Å². The Bertz CT molecular complexity index is 356. The molecule has 0 saturated carbocycles. The third kappa shape index (κ3) is 3.21. The van der Waals surface area contributed by atoms with Crippen LogP contribution < -0.4 is 10.6 Å². The lowest BCUT2D eigenvalue weighted by Gasteiger charge is -2.28. The summed E-state index contributed by atoms with van der Waals surface area (Å²) in [4.78, 5) is 34.8. The maximum Gasteiger partial charge on any atom is 0.331 e. The predicted molar refractivity (Wildman–Crippen MR) is 64.6 cm³/mol. The third-order valence-corrected chi connectivity index (χ3v) is 3.13. The highest BCUT2D eigenvalue weighted by Gasteiger charge is 2.38. The van der Waals surface area contributed by atoms with Crippen LogP contribution in [0.5, 0.6) is 0 Å². The molecule has 2 unspecified atom stereocenters. The fraction of sp³-hybridized carbons (Fsp3) is 0.750. The van der Waals surface area contributed by atoms with Gasteiger partial charge in [-0.1, -0.05) is 13.3 Å². The number of nitrogens with one attached hydrogen (secondary N) is 2. The van der Waals surface area contributed by atoms with E-state index in [2.05, 4.69) is 10.6 Å². The van der Waals surface area contributed by atoms with Crippen LogP contribution in [-0.2, 0) is 19.1 Å². The van der Waals surface area contributed by atoms with Crippen molar-refractivity contribution in [1.29, 1.82) is 0 Å². The molecule has 0 aromatic carbocycles. The second kappa shape index (κ2) is 5.84. The van der Waals surface area contributed by atoms with E-state index in [-0.39, 0.29) is 18.2 Å². The number of hydrogen-bond acceptors (Lipinski definition) is 4. The first-order valence-corrected chi connectivity index (χ1v) is 6.10. The van der Waals surface area contributed by atoms with Crippen LogP contribution in [0.1, 0.15) is 33.1 Å². The zero-order chi connectivity index (χ0) is 13.8. The van der Waals surface area contributed by atoms with E-state index < -0.39 is 17.4 Å². The van der Waals surface area contributed by atoms with E-state index in [0.717, 1.165) is 6.42 Å². The van der Waals surface area contributed by atoms with Crippen LogP contribution in [0.3, 0.4) is 0 Å². The molecule has 102 valence electrons. The Labute approximate surface area is 106 Å². The smallest absolute Gasteiger partial charge is 0.331 e. The van der Waals surface area contributed by atoms with Crippen molar-refractivity contribution in [2.24, 2.45) is 5.92 Å². The van der Waals surface area contributed by atoms with Gasteiger partial charge in [0.05, 0.1) is 13.0 Å². The standard InChI is InChI=1S/C12H20N2O4/c1-4-5-12(2,11(17)18-3)14-10(16)8-6-9(15)13-7-8/h8H,4-7H2,1-3H3,(H,13,15)(H,14,16). The first-order valence-electron chi connectivity index (χ1n) is 6.10. The largest absolute Gasteiger partial charge is 0.467 e. The van der Waals surface area contributed by atoms with Gasteiger partial charge in [-0.25, -0.2) is 4.79 Å². The van der Waals surface area contributed by atoms with Crippen LogP contribution in [-0.4, -0.2) is 37.0 Å². The van der Waals surface area contributed by atoms with Gasteiger partial charge in [-0.05, 0) is 13.3 Å².